The van der Waals surface area contributed by atoms with Gasteiger partial charge in [-0.2, -0.15) is 0 Å². The molecule has 0 atom stereocenters. The van der Waals surface area contributed by atoms with Crippen LogP contribution in [0.15, 0.2) is 212 Å². The first-order valence-electron chi connectivity index (χ1n) is 24.9. The average molecular weight is 900 g/mol. The fraction of sp³-hybridized carbons (Fsp3) is 0.134. The first kappa shape index (κ1) is 40.9. The molecular formula is C67H53N3. The van der Waals surface area contributed by atoms with Gasteiger partial charge in [-0.25, -0.2) is 0 Å². The van der Waals surface area contributed by atoms with Crippen molar-refractivity contribution >= 4 is 66.7 Å². The molecule has 70 heavy (non-hydrogen) atoms. The van der Waals surface area contributed by atoms with E-state index in [0.29, 0.717) is 0 Å². The topological polar surface area (TPSA) is 11.4 Å². The van der Waals surface area contributed by atoms with Crippen molar-refractivity contribution in [1.82, 2.24) is 4.57 Å². The second kappa shape index (κ2) is 14.4. The Hall–Kier alpha value is -8.14. The van der Waals surface area contributed by atoms with Gasteiger partial charge in [0.1, 0.15) is 0 Å². The fourth-order valence-corrected chi connectivity index (χ4v) is 13.0. The van der Waals surface area contributed by atoms with Crippen LogP contribution in [0.2, 0.25) is 0 Å². The van der Waals surface area contributed by atoms with Crippen LogP contribution in [0.5, 0.6) is 0 Å². The minimum Gasteiger partial charge on any atom is -0.310 e. The standard InChI is InChI=1S/C67H53N3/c1-65(2)55-30-19-18-28-50(55)51-34-33-46(40-58(51)65)69(45-25-14-9-15-26-45)61-36-35-48(49-27-16-17-29-52(49)61)42-37-53-54-39-47(68(43-21-10-7-11-22-43)44-23-12-8-13-24-44)41-60-63(54)70-62(53)59(38-42)66(3,4)56-31-20-32-57(64(56)70)67(60,5)6/h7-41H,1-6H3. The number of anilines is 6. The summed E-state index contributed by atoms with van der Waals surface area (Å²) in [6.45, 7) is 14.5. The molecule has 0 saturated heterocycles. The molecular weight excluding hydrogens is 847 g/mol. The molecule has 3 aliphatic rings. The average Bonchev–Trinajstić information content (AvgIpc) is 3.84. The summed E-state index contributed by atoms with van der Waals surface area (Å²) in [5, 5.41) is 5.01. The third kappa shape index (κ3) is 5.52. The van der Waals surface area contributed by atoms with E-state index in [1.54, 1.807) is 0 Å². The van der Waals surface area contributed by atoms with E-state index >= 15 is 0 Å². The maximum atomic E-state index is 2.65. The van der Waals surface area contributed by atoms with E-state index < -0.39 is 0 Å². The molecule has 3 heteroatoms. The smallest absolute Gasteiger partial charge is 0.0583 e. The van der Waals surface area contributed by atoms with Crippen LogP contribution < -0.4 is 9.80 Å². The van der Waals surface area contributed by atoms with Crippen LogP contribution in [0.3, 0.4) is 0 Å². The van der Waals surface area contributed by atoms with Crippen LogP contribution in [0.1, 0.15) is 74.9 Å². The van der Waals surface area contributed by atoms with Crippen LogP contribution in [0, 0.1) is 0 Å². The number of rotatable bonds is 7. The molecule has 3 nitrogen and oxygen atoms in total. The van der Waals surface area contributed by atoms with Gasteiger partial charge in [0.25, 0.3) is 0 Å². The number of fused-ring (bicyclic) bond motifs is 5. The van der Waals surface area contributed by atoms with E-state index in [1.807, 2.05) is 0 Å². The van der Waals surface area contributed by atoms with Gasteiger partial charge in [0.2, 0.25) is 0 Å². The van der Waals surface area contributed by atoms with Crippen molar-refractivity contribution in [2.24, 2.45) is 0 Å². The molecule has 0 fully saturated rings. The Balaban J connectivity index is 1.02. The van der Waals surface area contributed by atoms with Gasteiger partial charge in [-0.1, -0.05) is 175 Å². The van der Waals surface area contributed by atoms with Crippen LogP contribution in [0.4, 0.5) is 34.1 Å². The maximum absolute atomic E-state index is 2.65. The van der Waals surface area contributed by atoms with Crippen molar-refractivity contribution in [3.63, 3.8) is 0 Å². The largest absolute Gasteiger partial charge is 0.310 e. The van der Waals surface area contributed by atoms with Gasteiger partial charge in [0.05, 0.1) is 22.4 Å². The van der Waals surface area contributed by atoms with Crippen molar-refractivity contribution in [1.29, 1.82) is 0 Å². The van der Waals surface area contributed by atoms with Crippen molar-refractivity contribution in [3.05, 3.63) is 246 Å². The van der Waals surface area contributed by atoms with Crippen molar-refractivity contribution in [2.45, 2.75) is 57.8 Å². The Morgan fingerprint density at radius 1 is 0.300 bits per heavy atom. The minimum absolute atomic E-state index is 0.119. The summed E-state index contributed by atoms with van der Waals surface area (Å²) in [4.78, 5) is 4.90. The highest BCUT2D eigenvalue weighted by atomic mass is 15.2. The quantitative estimate of drug-likeness (QED) is 0.158. The number of hydrogen-bond acceptors (Lipinski definition) is 2. The molecule has 14 rings (SSSR count). The number of para-hydroxylation sites is 4. The van der Waals surface area contributed by atoms with E-state index in [9.17, 15) is 0 Å². The number of nitrogens with zero attached hydrogens (tertiary/aromatic N) is 3. The zero-order valence-electron chi connectivity index (χ0n) is 40.5. The van der Waals surface area contributed by atoms with Crippen molar-refractivity contribution in [2.75, 3.05) is 9.80 Å². The summed E-state index contributed by atoms with van der Waals surface area (Å²) >= 11 is 0. The zero-order valence-corrected chi connectivity index (χ0v) is 40.5. The molecule has 336 valence electrons. The third-order valence-corrected chi connectivity index (χ3v) is 16.5. The van der Waals surface area contributed by atoms with Crippen molar-refractivity contribution < 1.29 is 0 Å². The summed E-state index contributed by atoms with van der Waals surface area (Å²) < 4.78 is 2.65. The lowest BCUT2D eigenvalue weighted by atomic mass is 9.68. The molecule has 0 bridgehead atoms. The molecule has 11 aromatic rings. The predicted octanol–water partition coefficient (Wildman–Crippen LogP) is 18.1. The predicted molar refractivity (Wildman–Crippen MR) is 295 cm³/mol. The molecule has 0 unspecified atom stereocenters. The van der Waals surface area contributed by atoms with Gasteiger partial charge >= 0.3 is 0 Å². The van der Waals surface area contributed by atoms with E-state index in [2.05, 4.69) is 268 Å². The molecule has 2 aliphatic heterocycles. The Morgan fingerprint density at radius 2 is 0.786 bits per heavy atom. The van der Waals surface area contributed by atoms with Gasteiger partial charge < -0.3 is 14.4 Å². The zero-order chi connectivity index (χ0) is 47.3. The summed E-state index contributed by atoms with van der Waals surface area (Å²) in [6, 6.07) is 79.5. The van der Waals surface area contributed by atoms with E-state index in [0.717, 1.165) is 34.1 Å². The lowest BCUT2D eigenvalue weighted by Crippen LogP contribution is -2.33. The van der Waals surface area contributed by atoms with Gasteiger partial charge in [-0.3, -0.25) is 0 Å². The molecule has 0 N–H and O–H groups in total. The number of aromatic nitrogens is 1. The van der Waals surface area contributed by atoms with E-state index in [-0.39, 0.29) is 16.2 Å². The first-order chi connectivity index (χ1) is 34.0. The highest BCUT2D eigenvalue weighted by Crippen LogP contribution is 2.58. The Labute approximate surface area is 410 Å². The summed E-state index contributed by atoms with van der Waals surface area (Å²) in [5.41, 5.74) is 23.6. The Kier molecular flexibility index (Phi) is 8.44. The molecule has 3 heterocycles. The molecule has 1 aliphatic carbocycles. The first-order valence-corrected chi connectivity index (χ1v) is 24.9. The van der Waals surface area contributed by atoms with Crippen LogP contribution in [-0.4, -0.2) is 4.57 Å². The molecule has 0 radical (unpaired) electrons. The monoisotopic (exact) mass is 899 g/mol. The van der Waals surface area contributed by atoms with Crippen molar-refractivity contribution in [3.8, 4) is 27.9 Å². The number of benzene rings is 10. The van der Waals surface area contributed by atoms with Gasteiger partial charge in [-0.05, 0) is 140 Å². The van der Waals surface area contributed by atoms with E-state index in [4.69, 9.17) is 0 Å². The third-order valence-electron chi connectivity index (χ3n) is 16.5. The second-order valence-electron chi connectivity index (χ2n) is 21.4. The van der Waals surface area contributed by atoms with Crippen LogP contribution >= 0.6 is 0 Å². The fourth-order valence-electron chi connectivity index (χ4n) is 13.0. The summed E-state index contributed by atoms with van der Waals surface area (Å²) in [5.74, 6) is 0. The number of hydrogen-bond donors (Lipinski definition) is 0. The lowest BCUT2D eigenvalue weighted by molar-refractivity contribution is 0.594. The molecule has 0 saturated carbocycles. The molecule has 0 amide bonds. The van der Waals surface area contributed by atoms with Crippen LogP contribution in [0.25, 0.3) is 60.5 Å². The lowest BCUT2D eigenvalue weighted by Gasteiger charge is -2.42. The molecule has 1 aromatic heterocycles. The maximum Gasteiger partial charge on any atom is 0.0583 e. The summed E-state index contributed by atoms with van der Waals surface area (Å²) in [6.07, 6.45) is 0. The molecule has 0 spiro atoms. The highest BCUT2D eigenvalue weighted by Gasteiger charge is 2.44. The Bertz CT molecular complexity index is 3930. The van der Waals surface area contributed by atoms with Gasteiger partial charge in [-0.15, -0.1) is 0 Å². The molecule has 10 aromatic carbocycles. The summed E-state index contributed by atoms with van der Waals surface area (Å²) in [7, 11) is 0. The Morgan fingerprint density at radius 3 is 1.44 bits per heavy atom. The van der Waals surface area contributed by atoms with Gasteiger partial charge in [0.15, 0.2) is 0 Å². The highest BCUT2D eigenvalue weighted by molar-refractivity contribution is 6.17. The second-order valence-corrected chi connectivity index (χ2v) is 21.4. The SMILES string of the molecule is CC1(C)c2ccccc2-c2ccc(N(c3ccccc3)c3ccc(-c4cc5c6c(c4)c4cc(N(c7ccccc7)c7ccccc7)cc7c4n6-c4c(cccc4C7(C)C)C5(C)C)c4ccccc34)cc21. The minimum atomic E-state index is -0.263. The van der Waals surface area contributed by atoms with Crippen LogP contribution in [-0.2, 0) is 16.2 Å². The van der Waals surface area contributed by atoms with E-state index in [1.165, 1.54) is 93.9 Å². The van der Waals surface area contributed by atoms with Gasteiger partial charge in [0, 0.05) is 60.8 Å². The normalized spacial score (nSPS) is 15.1.